The number of hydrogen-bond acceptors (Lipinski definition) is 3. The topological polar surface area (TPSA) is 38.7 Å². The first-order chi connectivity index (χ1) is 7.13. The molecule has 1 atom stereocenters. The molecule has 4 heteroatoms. The van der Waals surface area contributed by atoms with Gasteiger partial charge in [0.25, 0.3) is 0 Å². The Morgan fingerprint density at radius 1 is 1.33 bits per heavy atom. The summed E-state index contributed by atoms with van der Waals surface area (Å²) in [6, 6.07) is 4.50. The van der Waals surface area contributed by atoms with E-state index in [2.05, 4.69) is 0 Å². The third-order valence-electron chi connectivity index (χ3n) is 2.52. The van der Waals surface area contributed by atoms with Gasteiger partial charge in [0.1, 0.15) is 5.82 Å². The van der Waals surface area contributed by atoms with Crippen molar-refractivity contribution >= 4 is 0 Å². The van der Waals surface area contributed by atoms with Gasteiger partial charge >= 0.3 is 0 Å². The van der Waals surface area contributed by atoms with E-state index in [4.69, 9.17) is 14.6 Å². The summed E-state index contributed by atoms with van der Waals surface area (Å²) in [6.07, 6.45) is 0. The maximum Gasteiger partial charge on any atom is 0.189 e. The van der Waals surface area contributed by atoms with Crippen LogP contribution in [0.3, 0.4) is 0 Å². The highest BCUT2D eigenvalue weighted by atomic mass is 19.1. The van der Waals surface area contributed by atoms with Crippen LogP contribution in [0.5, 0.6) is 0 Å². The van der Waals surface area contributed by atoms with Crippen LogP contribution in [0.4, 0.5) is 4.39 Å². The van der Waals surface area contributed by atoms with Crippen LogP contribution in [0.2, 0.25) is 0 Å². The quantitative estimate of drug-likeness (QED) is 0.768. The van der Waals surface area contributed by atoms with E-state index in [-0.39, 0.29) is 19.0 Å². The van der Waals surface area contributed by atoms with Crippen LogP contribution in [0.1, 0.15) is 18.1 Å². The van der Waals surface area contributed by atoms with Crippen molar-refractivity contribution in [3.63, 3.8) is 0 Å². The molecule has 0 fully saturated rings. The standard InChI is InChI=1S/C11H13FO3/c1-11(7-13)14-5-8-2-3-10(12)4-9(8)6-15-11/h2-4,13H,5-7H2,1H3. The largest absolute Gasteiger partial charge is 0.391 e. The van der Waals surface area contributed by atoms with E-state index in [9.17, 15) is 4.39 Å². The van der Waals surface area contributed by atoms with E-state index in [0.29, 0.717) is 6.61 Å². The summed E-state index contributed by atoms with van der Waals surface area (Å²) in [5.41, 5.74) is 1.67. The van der Waals surface area contributed by atoms with Crippen LogP contribution >= 0.6 is 0 Å². The number of fused-ring (bicyclic) bond motifs is 1. The zero-order valence-electron chi connectivity index (χ0n) is 8.50. The molecule has 0 radical (unpaired) electrons. The van der Waals surface area contributed by atoms with E-state index in [1.54, 1.807) is 13.0 Å². The molecular weight excluding hydrogens is 199 g/mol. The minimum Gasteiger partial charge on any atom is -0.391 e. The van der Waals surface area contributed by atoms with Gasteiger partial charge < -0.3 is 14.6 Å². The highest BCUT2D eigenvalue weighted by molar-refractivity contribution is 5.27. The van der Waals surface area contributed by atoms with E-state index >= 15 is 0 Å². The zero-order chi connectivity index (χ0) is 10.9. The number of aliphatic hydroxyl groups is 1. The minimum absolute atomic E-state index is 0.219. The average molecular weight is 212 g/mol. The number of ether oxygens (including phenoxy) is 2. The lowest BCUT2D eigenvalue weighted by Gasteiger charge is -2.25. The lowest BCUT2D eigenvalue weighted by atomic mass is 10.1. The van der Waals surface area contributed by atoms with E-state index < -0.39 is 5.79 Å². The highest BCUT2D eigenvalue weighted by Gasteiger charge is 2.28. The van der Waals surface area contributed by atoms with Gasteiger partial charge in [-0.2, -0.15) is 0 Å². The number of halogens is 1. The SMILES string of the molecule is CC1(CO)OCc2ccc(F)cc2CO1. The molecule has 0 aromatic heterocycles. The second kappa shape index (κ2) is 3.89. The molecule has 0 bridgehead atoms. The van der Waals surface area contributed by atoms with Gasteiger partial charge in [-0.1, -0.05) is 6.07 Å². The van der Waals surface area contributed by atoms with Crippen molar-refractivity contribution in [1.29, 1.82) is 0 Å². The Kier molecular flexibility index (Phi) is 2.73. The number of aliphatic hydroxyl groups excluding tert-OH is 1. The Morgan fingerprint density at radius 3 is 2.67 bits per heavy atom. The van der Waals surface area contributed by atoms with Crippen molar-refractivity contribution in [2.24, 2.45) is 0 Å². The summed E-state index contributed by atoms with van der Waals surface area (Å²) in [6.45, 7) is 2.02. The Hall–Kier alpha value is -0.970. The molecule has 0 aliphatic carbocycles. The third kappa shape index (κ3) is 2.17. The van der Waals surface area contributed by atoms with Crippen LogP contribution in [-0.2, 0) is 22.7 Å². The van der Waals surface area contributed by atoms with Gasteiger partial charge in [0, 0.05) is 0 Å². The van der Waals surface area contributed by atoms with Crippen molar-refractivity contribution in [3.8, 4) is 0 Å². The van der Waals surface area contributed by atoms with E-state index in [1.165, 1.54) is 12.1 Å². The predicted octanol–water partition coefficient (Wildman–Crippen LogP) is 1.58. The van der Waals surface area contributed by atoms with Crippen LogP contribution in [0.15, 0.2) is 18.2 Å². The van der Waals surface area contributed by atoms with Crippen molar-refractivity contribution in [2.45, 2.75) is 25.9 Å². The summed E-state index contributed by atoms with van der Waals surface area (Å²) < 4.78 is 23.7. The molecule has 15 heavy (non-hydrogen) atoms. The first kappa shape index (κ1) is 10.5. The van der Waals surface area contributed by atoms with Crippen LogP contribution < -0.4 is 0 Å². The smallest absolute Gasteiger partial charge is 0.189 e. The highest BCUT2D eigenvalue weighted by Crippen LogP contribution is 2.24. The molecule has 1 aliphatic rings. The fourth-order valence-corrected chi connectivity index (χ4v) is 1.46. The molecule has 1 aromatic rings. The summed E-state index contributed by atoms with van der Waals surface area (Å²) in [5.74, 6) is -1.28. The maximum atomic E-state index is 13.0. The summed E-state index contributed by atoms with van der Waals surface area (Å²) in [7, 11) is 0. The molecule has 1 heterocycles. The summed E-state index contributed by atoms with van der Waals surface area (Å²) in [4.78, 5) is 0. The maximum absolute atomic E-state index is 13.0. The van der Waals surface area contributed by atoms with E-state index in [0.717, 1.165) is 11.1 Å². The summed E-state index contributed by atoms with van der Waals surface area (Å²) >= 11 is 0. The van der Waals surface area contributed by atoms with Crippen LogP contribution in [-0.4, -0.2) is 17.5 Å². The first-order valence-electron chi connectivity index (χ1n) is 4.79. The van der Waals surface area contributed by atoms with E-state index in [1.807, 2.05) is 0 Å². The molecule has 1 aliphatic heterocycles. The van der Waals surface area contributed by atoms with Crippen molar-refractivity contribution in [3.05, 3.63) is 35.1 Å². The molecule has 1 N–H and O–H groups in total. The molecule has 0 amide bonds. The Labute approximate surface area is 87.4 Å². The number of rotatable bonds is 1. The Bertz CT molecular complexity index is 367. The van der Waals surface area contributed by atoms with Crippen molar-refractivity contribution in [1.82, 2.24) is 0 Å². The van der Waals surface area contributed by atoms with Crippen molar-refractivity contribution in [2.75, 3.05) is 6.61 Å². The zero-order valence-corrected chi connectivity index (χ0v) is 8.50. The second-order valence-electron chi connectivity index (χ2n) is 3.78. The molecule has 0 spiro atoms. The van der Waals surface area contributed by atoms with Crippen LogP contribution in [0.25, 0.3) is 0 Å². The fraction of sp³-hybridized carbons (Fsp3) is 0.455. The molecule has 2 rings (SSSR count). The first-order valence-corrected chi connectivity index (χ1v) is 4.79. The van der Waals surface area contributed by atoms with Gasteiger partial charge in [-0.15, -0.1) is 0 Å². The minimum atomic E-state index is -0.991. The van der Waals surface area contributed by atoms with Gasteiger partial charge in [-0.05, 0) is 30.2 Å². The van der Waals surface area contributed by atoms with Crippen LogP contribution in [0, 0.1) is 5.82 Å². The van der Waals surface area contributed by atoms with Gasteiger partial charge in [-0.3, -0.25) is 0 Å². The molecule has 82 valence electrons. The normalized spacial score (nSPS) is 25.8. The van der Waals surface area contributed by atoms with Gasteiger partial charge in [-0.25, -0.2) is 4.39 Å². The third-order valence-corrected chi connectivity index (χ3v) is 2.52. The second-order valence-corrected chi connectivity index (χ2v) is 3.78. The molecule has 0 saturated heterocycles. The van der Waals surface area contributed by atoms with Gasteiger partial charge in [0.15, 0.2) is 5.79 Å². The predicted molar refractivity (Wildman–Crippen MR) is 51.5 cm³/mol. The lowest BCUT2D eigenvalue weighted by molar-refractivity contribution is -0.249. The Morgan fingerprint density at radius 2 is 2.00 bits per heavy atom. The van der Waals surface area contributed by atoms with Gasteiger partial charge in [0.05, 0.1) is 19.8 Å². The Balaban J connectivity index is 2.25. The average Bonchev–Trinajstić information content (AvgIpc) is 2.40. The number of hydrogen-bond donors (Lipinski definition) is 1. The van der Waals surface area contributed by atoms with Gasteiger partial charge in [0.2, 0.25) is 0 Å². The lowest BCUT2D eigenvalue weighted by Crippen LogP contribution is -2.34. The molecule has 0 saturated carbocycles. The molecule has 3 nitrogen and oxygen atoms in total. The summed E-state index contributed by atoms with van der Waals surface area (Å²) in [5, 5.41) is 9.08. The monoisotopic (exact) mass is 212 g/mol. The number of benzene rings is 1. The molecule has 1 aromatic carbocycles. The molecular formula is C11H13FO3. The van der Waals surface area contributed by atoms with Crippen molar-refractivity contribution < 1.29 is 19.0 Å². The molecule has 1 unspecified atom stereocenters. The fourth-order valence-electron chi connectivity index (χ4n) is 1.46.